The highest BCUT2D eigenvalue weighted by molar-refractivity contribution is 5.90. The summed E-state index contributed by atoms with van der Waals surface area (Å²) in [5, 5.41) is 0. The number of rotatable bonds is 3. The van der Waals surface area contributed by atoms with E-state index in [1.807, 2.05) is 9.47 Å². The molecule has 1 fully saturated rings. The van der Waals surface area contributed by atoms with Crippen molar-refractivity contribution in [1.29, 1.82) is 0 Å². The van der Waals surface area contributed by atoms with Crippen molar-refractivity contribution >= 4 is 11.8 Å². The van der Waals surface area contributed by atoms with E-state index in [1.165, 1.54) is 0 Å². The van der Waals surface area contributed by atoms with Crippen LogP contribution in [0.25, 0.3) is 0 Å². The van der Waals surface area contributed by atoms with Crippen LogP contribution >= 0.6 is 0 Å². The van der Waals surface area contributed by atoms with Crippen molar-refractivity contribution in [2.24, 2.45) is 5.73 Å². The lowest BCUT2D eigenvalue weighted by Crippen LogP contribution is -2.45. The van der Waals surface area contributed by atoms with Crippen LogP contribution in [-0.2, 0) is 22.5 Å². The van der Waals surface area contributed by atoms with Crippen LogP contribution in [-0.4, -0.2) is 77.1 Å². The van der Waals surface area contributed by atoms with Gasteiger partial charge in [0.15, 0.2) is 0 Å². The summed E-state index contributed by atoms with van der Waals surface area (Å²) in [7, 11) is 0. The van der Waals surface area contributed by atoms with E-state index in [2.05, 4.69) is 9.88 Å². The molecule has 1 saturated heterocycles. The van der Waals surface area contributed by atoms with Gasteiger partial charge in [-0.05, 0) is 0 Å². The third-order valence-electron chi connectivity index (χ3n) is 4.14. The molecule has 0 saturated carbocycles. The smallest absolute Gasteiger partial charge is 0.268 e. The lowest BCUT2D eigenvalue weighted by atomic mass is 10.3. The van der Waals surface area contributed by atoms with Crippen LogP contribution in [0.5, 0.6) is 0 Å². The second kappa shape index (κ2) is 6.45. The molecule has 1 aromatic rings. The number of carbonyl (C=O) groups excluding carboxylic acids is 2. The summed E-state index contributed by atoms with van der Waals surface area (Å²) in [6.07, 6.45) is 2.32. The average Bonchev–Trinajstić information content (AvgIpc) is 2.82. The Morgan fingerprint density at radius 3 is 2.68 bits per heavy atom. The molecule has 1 aromatic heterocycles. The minimum absolute atomic E-state index is 0.141. The first-order valence-corrected chi connectivity index (χ1v) is 7.57. The topological polar surface area (TPSA) is 93.7 Å². The molecule has 0 atom stereocenters. The fraction of sp³-hybridized carbons (Fsp3) is 0.643. The molecule has 0 bridgehead atoms. The molecule has 8 heteroatoms. The Bertz CT molecular complexity index is 539. The molecule has 0 unspecified atom stereocenters. The number of primary amides is 1. The molecule has 120 valence electrons. The molecule has 8 nitrogen and oxygen atoms in total. The first-order chi connectivity index (χ1) is 10.6. The fourth-order valence-corrected chi connectivity index (χ4v) is 2.84. The molecular weight excluding hydrogens is 286 g/mol. The first kappa shape index (κ1) is 15.0. The lowest BCUT2D eigenvalue weighted by molar-refractivity contribution is -0.133. The van der Waals surface area contributed by atoms with E-state index >= 15 is 0 Å². The zero-order chi connectivity index (χ0) is 15.5. The highest BCUT2D eigenvalue weighted by Gasteiger charge is 2.23. The van der Waals surface area contributed by atoms with Crippen molar-refractivity contribution in [2.45, 2.75) is 13.0 Å². The molecule has 2 aliphatic rings. The van der Waals surface area contributed by atoms with Gasteiger partial charge in [-0.2, -0.15) is 0 Å². The van der Waals surface area contributed by atoms with Crippen LogP contribution in [0, 0.1) is 0 Å². The first-order valence-electron chi connectivity index (χ1n) is 7.57. The molecule has 0 spiro atoms. The average molecular weight is 307 g/mol. The van der Waals surface area contributed by atoms with Gasteiger partial charge in [0.25, 0.3) is 5.91 Å². The number of nitrogens with zero attached hydrogens (tertiary/aromatic N) is 4. The molecule has 0 radical (unpaired) electrons. The summed E-state index contributed by atoms with van der Waals surface area (Å²) >= 11 is 0. The number of ether oxygens (including phenoxy) is 1. The van der Waals surface area contributed by atoms with Gasteiger partial charge in [0.05, 0.1) is 19.8 Å². The van der Waals surface area contributed by atoms with Crippen LogP contribution in [0.4, 0.5) is 0 Å². The van der Waals surface area contributed by atoms with Gasteiger partial charge in [0, 0.05) is 45.3 Å². The van der Waals surface area contributed by atoms with E-state index in [-0.39, 0.29) is 5.91 Å². The van der Waals surface area contributed by atoms with Gasteiger partial charge in [-0.15, -0.1) is 0 Å². The Kier molecular flexibility index (Phi) is 4.39. The highest BCUT2D eigenvalue weighted by Crippen LogP contribution is 2.10. The normalized spacial score (nSPS) is 19.5. The largest absolute Gasteiger partial charge is 0.379 e. The van der Waals surface area contributed by atoms with E-state index in [0.29, 0.717) is 51.5 Å². The summed E-state index contributed by atoms with van der Waals surface area (Å²) in [4.78, 5) is 31.8. The third kappa shape index (κ3) is 3.28. The van der Waals surface area contributed by atoms with E-state index in [9.17, 15) is 9.59 Å². The molecule has 2 amide bonds. The number of amides is 2. The minimum atomic E-state index is -0.513. The zero-order valence-corrected chi connectivity index (χ0v) is 12.5. The third-order valence-corrected chi connectivity index (χ3v) is 4.14. The summed E-state index contributed by atoms with van der Waals surface area (Å²) < 4.78 is 7.21. The second-order valence-electron chi connectivity index (χ2n) is 5.62. The van der Waals surface area contributed by atoms with Crippen LogP contribution in [0.15, 0.2) is 6.20 Å². The van der Waals surface area contributed by atoms with Crippen molar-refractivity contribution in [1.82, 2.24) is 19.4 Å². The number of carbonyl (C=O) groups is 2. The van der Waals surface area contributed by atoms with Crippen molar-refractivity contribution in [2.75, 3.05) is 45.9 Å². The van der Waals surface area contributed by atoms with Gasteiger partial charge in [-0.25, -0.2) is 4.98 Å². The van der Waals surface area contributed by atoms with Gasteiger partial charge < -0.3 is 19.9 Å². The number of hydrogen-bond acceptors (Lipinski definition) is 5. The van der Waals surface area contributed by atoms with E-state index in [4.69, 9.17) is 10.5 Å². The van der Waals surface area contributed by atoms with Crippen LogP contribution < -0.4 is 5.73 Å². The van der Waals surface area contributed by atoms with Crippen LogP contribution in [0.3, 0.4) is 0 Å². The molecule has 3 rings (SSSR count). The van der Waals surface area contributed by atoms with Crippen molar-refractivity contribution in [3.63, 3.8) is 0 Å². The highest BCUT2D eigenvalue weighted by atomic mass is 16.5. The second-order valence-corrected chi connectivity index (χ2v) is 5.62. The predicted molar refractivity (Wildman–Crippen MR) is 78.3 cm³/mol. The quantitative estimate of drug-likeness (QED) is 0.749. The number of fused-ring (bicyclic) bond motifs is 1. The van der Waals surface area contributed by atoms with Crippen LogP contribution in [0.1, 0.15) is 16.3 Å². The van der Waals surface area contributed by atoms with Crippen molar-refractivity contribution in [3.8, 4) is 0 Å². The summed E-state index contributed by atoms with van der Waals surface area (Å²) in [6, 6.07) is 0. The zero-order valence-electron chi connectivity index (χ0n) is 12.5. The molecule has 2 aliphatic heterocycles. The standard InChI is InChI=1S/C14H21N5O3/c15-14(21)11-9-19-4-3-18(2-1-12(19)16-11)13(20)10-17-5-7-22-8-6-17/h9H,1-8,10H2,(H2,15,21). The summed E-state index contributed by atoms with van der Waals surface area (Å²) in [5.41, 5.74) is 5.54. The Morgan fingerprint density at radius 1 is 1.18 bits per heavy atom. The maximum absolute atomic E-state index is 12.4. The maximum atomic E-state index is 12.4. The maximum Gasteiger partial charge on any atom is 0.268 e. The molecule has 3 heterocycles. The Balaban J connectivity index is 1.58. The monoisotopic (exact) mass is 307 g/mol. The lowest BCUT2D eigenvalue weighted by Gasteiger charge is -2.29. The summed E-state index contributed by atoms with van der Waals surface area (Å²) in [5.74, 6) is 0.444. The van der Waals surface area contributed by atoms with Gasteiger partial charge in [0.1, 0.15) is 11.5 Å². The van der Waals surface area contributed by atoms with Crippen molar-refractivity contribution < 1.29 is 14.3 Å². The Hall–Kier alpha value is -1.93. The van der Waals surface area contributed by atoms with E-state index in [1.54, 1.807) is 6.20 Å². The number of imidazole rings is 1. The molecule has 0 aromatic carbocycles. The molecule has 22 heavy (non-hydrogen) atoms. The molecular formula is C14H21N5O3. The van der Waals surface area contributed by atoms with Gasteiger partial charge in [-0.3, -0.25) is 14.5 Å². The minimum Gasteiger partial charge on any atom is -0.379 e. The molecule has 0 aliphatic carbocycles. The molecule has 2 N–H and O–H groups in total. The fourth-order valence-electron chi connectivity index (χ4n) is 2.84. The van der Waals surface area contributed by atoms with E-state index in [0.717, 1.165) is 18.9 Å². The van der Waals surface area contributed by atoms with Crippen molar-refractivity contribution in [3.05, 3.63) is 17.7 Å². The predicted octanol–water partition coefficient (Wildman–Crippen LogP) is -1.30. The summed E-state index contributed by atoms with van der Waals surface area (Å²) in [6.45, 7) is 5.34. The van der Waals surface area contributed by atoms with Crippen LogP contribution in [0.2, 0.25) is 0 Å². The number of aromatic nitrogens is 2. The number of nitrogens with two attached hydrogens (primary N) is 1. The van der Waals surface area contributed by atoms with E-state index < -0.39 is 5.91 Å². The SMILES string of the molecule is NC(=O)c1cn2c(n1)CCN(C(=O)CN1CCOCC1)CC2. The van der Waals surface area contributed by atoms with Gasteiger partial charge in [0.2, 0.25) is 5.91 Å². The Morgan fingerprint density at radius 2 is 1.95 bits per heavy atom. The number of morpholine rings is 1. The number of hydrogen-bond donors (Lipinski definition) is 1. The van der Waals surface area contributed by atoms with Gasteiger partial charge >= 0.3 is 0 Å². The van der Waals surface area contributed by atoms with Gasteiger partial charge in [-0.1, -0.05) is 0 Å². The Labute approximate surface area is 128 Å².